The highest BCUT2D eigenvalue weighted by Crippen LogP contribution is 2.25. The van der Waals surface area contributed by atoms with Crippen molar-refractivity contribution < 1.29 is 14.1 Å². The minimum absolute atomic E-state index is 0.126. The largest absolute Gasteiger partial charge is 0.378 e. The van der Waals surface area contributed by atoms with E-state index in [9.17, 15) is 4.79 Å². The Hall–Kier alpha value is -2.42. The first-order valence-electron chi connectivity index (χ1n) is 8.67. The standard InChI is InChI=1S/C16H22N6O3/c1-11-13-14(17-10-18-15(13)25-20-11)19-12-2-4-21(5-3-12)16(23)22-6-8-24-9-7-22/h10,12H,2-9H2,1H3,(H,17,18,19). The second kappa shape index (κ2) is 6.83. The van der Waals surface area contributed by atoms with E-state index in [0.29, 0.717) is 32.0 Å². The van der Waals surface area contributed by atoms with Gasteiger partial charge in [0.25, 0.3) is 5.71 Å². The van der Waals surface area contributed by atoms with Crippen molar-refractivity contribution in [2.75, 3.05) is 44.7 Å². The first-order valence-corrected chi connectivity index (χ1v) is 8.67. The molecule has 4 heterocycles. The monoisotopic (exact) mass is 346 g/mol. The van der Waals surface area contributed by atoms with Gasteiger partial charge in [0.15, 0.2) is 0 Å². The molecule has 0 aromatic carbocycles. The number of anilines is 1. The number of hydrogen-bond donors (Lipinski definition) is 1. The lowest BCUT2D eigenvalue weighted by Gasteiger charge is -2.37. The molecule has 1 N–H and O–H groups in total. The van der Waals surface area contributed by atoms with Crippen LogP contribution in [0.3, 0.4) is 0 Å². The average molecular weight is 346 g/mol. The van der Waals surface area contributed by atoms with E-state index in [1.807, 2.05) is 16.7 Å². The molecule has 134 valence electrons. The molecule has 0 spiro atoms. The van der Waals surface area contributed by atoms with Gasteiger partial charge in [-0.3, -0.25) is 0 Å². The maximum absolute atomic E-state index is 12.5. The molecule has 2 aliphatic heterocycles. The van der Waals surface area contributed by atoms with E-state index in [1.165, 1.54) is 6.33 Å². The predicted octanol–water partition coefficient (Wildman–Crippen LogP) is 1.25. The zero-order valence-corrected chi connectivity index (χ0v) is 14.3. The third-order valence-electron chi connectivity index (χ3n) is 4.83. The highest BCUT2D eigenvalue weighted by atomic mass is 16.5. The lowest BCUT2D eigenvalue weighted by Crippen LogP contribution is -2.51. The number of likely N-dealkylation sites (tertiary alicyclic amines) is 1. The molecule has 9 nitrogen and oxygen atoms in total. The van der Waals surface area contributed by atoms with E-state index in [1.54, 1.807) is 0 Å². The summed E-state index contributed by atoms with van der Waals surface area (Å²) in [7, 11) is 0. The van der Waals surface area contributed by atoms with E-state index in [2.05, 4.69) is 20.4 Å². The third-order valence-corrected chi connectivity index (χ3v) is 4.83. The smallest absolute Gasteiger partial charge is 0.320 e. The van der Waals surface area contributed by atoms with Gasteiger partial charge in [-0.1, -0.05) is 5.16 Å². The number of amides is 2. The van der Waals surface area contributed by atoms with Crippen molar-refractivity contribution >= 4 is 22.9 Å². The highest BCUT2D eigenvalue weighted by Gasteiger charge is 2.27. The number of piperidine rings is 1. The van der Waals surface area contributed by atoms with Gasteiger partial charge >= 0.3 is 6.03 Å². The summed E-state index contributed by atoms with van der Waals surface area (Å²) in [4.78, 5) is 24.8. The fourth-order valence-corrected chi connectivity index (χ4v) is 3.39. The molecule has 2 aromatic heterocycles. The first kappa shape index (κ1) is 16.1. The molecule has 9 heteroatoms. The summed E-state index contributed by atoms with van der Waals surface area (Å²) in [5.74, 6) is 0.752. The first-order chi connectivity index (χ1) is 12.2. The number of nitrogens with one attached hydrogen (secondary N) is 1. The van der Waals surface area contributed by atoms with E-state index in [0.717, 1.165) is 42.8 Å². The Kier molecular flexibility index (Phi) is 4.39. The highest BCUT2D eigenvalue weighted by molar-refractivity contribution is 5.87. The molecule has 2 amide bonds. The van der Waals surface area contributed by atoms with Crippen LogP contribution in [0.5, 0.6) is 0 Å². The third kappa shape index (κ3) is 3.23. The number of ether oxygens (including phenoxy) is 1. The van der Waals surface area contributed by atoms with Crippen molar-refractivity contribution in [3.8, 4) is 0 Å². The number of urea groups is 1. The molecule has 2 saturated heterocycles. The molecule has 0 radical (unpaired) electrons. The minimum Gasteiger partial charge on any atom is -0.378 e. The van der Waals surface area contributed by atoms with Crippen LogP contribution in [0.2, 0.25) is 0 Å². The summed E-state index contributed by atoms with van der Waals surface area (Å²) in [6, 6.07) is 0.391. The van der Waals surface area contributed by atoms with E-state index >= 15 is 0 Å². The Labute approximate surface area is 145 Å². The number of nitrogens with zero attached hydrogens (tertiary/aromatic N) is 5. The fourth-order valence-electron chi connectivity index (χ4n) is 3.39. The van der Waals surface area contributed by atoms with Gasteiger partial charge in [-0.25, -0.2) is 9.78 Å². The van der Waals surface area contributed by atoms with Crippen molar-refractivity contribution in [1.82, 2.24) is 24.9 Å². The Morgan fingerprint density at radius 1 is 1.16 bits per heavy atom. The van der Waals surface area contributed by atoms with Gasteiger partial charge < -0.3 is 24.4 Å². The second-order valence-corrected chi connectivity index (χ2v) is 6.46. The van der Waals surface area contributed by atoms with Gasteiger partial charge in [-0.15, -0.1) is 0 Å². The summed E-state index contributed by atoms with van der Waals surface area (Å²) in [5, 5.41) is 8.25. The minimum atomic E-state index is 0.126. The van der Waals surface area contributed by atoms with Crippen LogP contribution in [0.15, 0.2) is 10.9 Å². The molecular weight excluding hydrogens is 324 g/mol. The molecule has 2 fully saturated rings. The zero-order chi connectivity index (χ0) is 17.2. The number of fused-ring (bicyclic) bond motifs is 1. The van der Waals surface area contributed by atoms with Crippen molar-refractivity contribution in [1.29, 1.82) is 0 Å². The number of rotatable bonds is 2. The van der Waals surface area contributed by atoms with Crippen LogP contribution in [0.25, 0.3) is 11.1 Å². The van der Waals surface area contributed by atoms with Crippen molar-refractivity contribution in [2.24, 2.45) is 0 Å². The van der Waals surface area contributed by atoms with Crippen molar-refractivity contribution in [3.05, 3.63) is 12.0 Å². The SMILES string of the molecule is Cc1noc2ncnc(NC3CCN(C(=O)N4CCOCC4)CC3)c12. The molecule has 0 saturated carbocycles. The number of aromatic nitrogens is 3. The molecule has 2 aliphatic rings. The summed E-state index contributed by atoms with van der Waals surface area (Å²) >= 11 is 0. The van der Waals surface area contributed by atoms with Crippen LogP contribution in [0.4, 0.5) is 10.6 Å². The van der Waals surface area contributed by atoms with Gasteiger partial charge in [0.1, 0.15) is 17.5 Å². The molecule has 4 rings (SSSR count). The zero-order valence-electron chi connectivity index (χ0n) is 14.3. The topological polar surface area (TPSA) is 96.6 Å². The van der Waals surface area contributed by atoms with Gasteiger partial charge in [-0.2, -0.15) is 4.98 Å². The van der Waals surface area contributed by atoms with Gasteiger partial charge in [0.2, 0.25) is 0 Å². The van der Waals surface area contributed by atoms with Crippen LogP contribution < -0.4 is 5.32 Å². The summed E-state index contributed by atoms with van der Waals surface area (Å²) < 4.78 is 10.5. The number of hydrogen-bond acceptors (Lipinski definition) is 7. The van der Waals surface area contributed by atoms with Gasteiger partial charge in [0, 0.05) is 32.2 Å². The van der Waals surface area contributed by atoms with Crippen LogP contribution in [-0.2, 0) is 4.74 Å². The van der Waals surface area contributed by atoms with Crippen LogP contribution in [-0.4, -0.2) is 76.4 Å². The maximum atomic E-state index is 12.5. The van der Waals surface area contributed by atoms with Gasteiger partial charge in [-0.05, 0) is 19.8 Å². The van der Waals surface area contributed by atoms with E-state index < -0.39 is 0 Å². The Bertz CT molecular complexity index is 749. The summed E-state index contributed by atoms with van der Waals surface area (Å²) in [6.07, 6.45) is 3.24. The van der Waals surface area contributed by atoms with Crippen LogP contribution >= 0.6 is 0 Å². The number of carbonyl (C=O) groups excluding carboxylic acids is 1. The summed E-state index contributed by atoms with van der Waals surface area (Å²) in [5.41, 5.74) is 1.27. The number of morpholine rings is 1. The molecule has 0 unspecified atom stereocenters. The molecule has 0 atom stereocenters. The molecular formula is C16H22N6O3. The number of aryl methyl sites for hydroxylation is 1. The summed E-state index contributed by atoms with van der Waals surface area (Å²) in [6.45, 7) is 5.99. The Balaban J connectivity index is 1.37. The molecule has 0 aliphatic carbocycles. The average Bonchev–Trinajstić information content (AvgIpc) is 3.05. The molecule has 0 bridgehead atoms. The van der Waals surface area contributed by atoms with Crippen LogP contribution in [0.1, 0.15) is 18.5 Å². The van der Waals surface area contributed by atoms with Crippen molar-refractivity contribution in [3.63, 3.8) is 0 Å². The maximum Gasteiger partial charge on any atom is 0.320 e. The Morgan fingerprint density at radius 2 is 1.88 bits per heavy atom. The van der Waals surface area contributed by atoms with E-state index in [-0.39, 0.29) is 12.1 Å². The molecule has 25 heavy (non-hydrogen) atoms. The lowest BCUT2D eigenvalue weighted by molar-refractivity contribution is 0.0414. The Morgan fingerprint density at radius 3 is 2.64 bits per heavy atom. The lowest BCUT2D eigenvalue weighted by atomic mass is 10.1. The van der Waals surface area contributed by atoms with Gasteiger partial charge in [0.05, 0.1) is 18.9 Å². The predicted molar refractivity (Wildman–Crippen MR) is 90.3 cm³/mol. The molecule has 2 aromatic rings. The fraction of sp³-hybridized carbons (Fsp3) is 0.625. The number of carbonyl (C=O) groups is 1. The van der Waals surface area contributed by atoms with Crippen LogP contribution in [0, 0.1) is 6.92 Å². The second-order valence-electron chi connectivity index (χ2n) is 6.46. The quantitative estimate of drug-likeness (QED) is 0.874. The van der Waals surface area contributed by atoms with E-state index in [4.69, 9.17) is 9.26 Å². The van der Waals surface area contributed by atoms with Crippen molar-refractivity contribution in [2.45, 2.75) is 25.8 Å². The normalized spacial score (nSPS) is 19.4.